The monoisotopic (exact) mass is 325 g/mol. The molecule has 1 aliphatic heterocycles. The van der Waals surface area contributed by atoms with Gasteiger partial charge in [0.15, 0.2) is 11.4 Å². The van der Waals surface area contributed by atoms with Crippen LogP contribution in [0, 0.1) is 0 Å². The maximum Gasteiger partial charge on any atom is 0.225 e. The van der Waals surface area contributed by atoms with E-state index in [0.717, 1.165) is 38.5 Å². The van der Waals surface area contributed by atoms with Crippen LogP contribution in [0.15, 0.2) is 41.5 Å². The minimum Gasteiger partial charge on any atom is -0.461 e. The van der Waals surface area contributed by atoms with Crippen molar-refractivity contribution >= 4 is 17.4 Å². The number of hydrogen-bond donors (Lipinski definition) is 1. The second-order valence-electron chi connectivity index (χ2n) is 5.73. The predicted molar refractivity (Wildman–Crippen MR) is 91.7 cm³/mol. The number of hydrogen-bond acceptors (Lipinski definition) is 7. The van der Waals surface area contributed by atoms with Crippen LogP contribution in [0.5, 0.6) is 0 Å². The third-order valence-electron chi connectivity index (χ3n) is 4.16. The smallest absolute Gasteiger partial charge is 0.225 e. The van der Waals surface area contributed by atoms with Crippen LogP contribution in [0.1, 0.15) is 0 Å². The van der Waals surface area contributed by atoms with E-state index in [1.54, 1.807) is 12.3 Å². The molecule has 1 saturated heterocycles. The van der Waals surface area contributed by atoms with Gasteiger partial charge in [-0.3, -0.25) is 4.90 Å². The molecular weight excluding hydrogens is 306 g/mol. The van der Waals surface area contributed by atoms with Crippen molar-refractivity contribution in [3.05, 3.63) is 37.1 Å². The molecule has 3 aromatic rings. The summed E-state index contributed by atoms with van der Waals surface area (Å²) in [5, 5.41) is 4.36. The molecule has 4 heterocycles. The molecule has 0 saturated carbocycles. The molecule has 24 heavy (non-hydrogen) atoms. The molecule has 0 unspecified atom stereocenters. The van der Waals surface area contributed by atoms with E-state index >= 15 is 0 Å². The van der Waals surface area contributed by atoms with Crippen LogP contribution in [0.2, 0.25) is 0 Å². The Morgan fingerprint density at radius 1 is 1.25 bits per heavy atom. The van der Waals surface area contributed by atoms with Crippen LogP contribution in [0.3, 0.4) is 0 Å². The molecule has 1 aliphatic rings. The van der Waals surface area contributed by atoms with Crippen LogP contribution >= 0.6 is 0 Å². The van der Waals surface area contributed by atoms with Crippen molar-refractivity contribution in [1.29, 1.82) is 0 Å². The highest BCUT2D eigenvalue weighted by Gasteiger charge is 2.19. The molecule has 0 aromatic carbocycles. The average Bonchev–Trinajstić information content (AvgIpc) is 3.25. The van der Waals surface area contributed by atoms with Gasteiger partial charge in [0, 0.05) is 38.8 Å². The Morgan fingerprint density at radius 2 is 2.08 bits per heavy atom. The zero-order valence-corrected chi connectivity index (χ0v) is 13.3. The Balaban J connectivity index is 1.62. The SMILES string of the molecule is C=CCN1CCN(c2cc3nc(-c4ccco4)nn3c(N)n2)CC1. The minimum atomic E-state index is 0.321. The van der Waals surface area contributed by atoms with Gasteiger partial charge in [-0.2, -0.15) is 9.50 Å². The lowest BCUT2D eigenvalue weighted by Gasteiger charge is -2.34. The van der Waals surface area contributed by atoms with Crippen molar-refractivity contribution in [3.63, 3.8) is 0 Å². The molecule has 124 valence electrons. The van der Waals surface area contributed by atoms with E-state index in [0.29, 0.717) is 23.2 Å². The quantitative estimate of drug-likeness (QED) is 0.723. The number of anilines is 2. The Morgan fingerprint density at radius 3 is 2.79 bits per heavy atom. The van der Waals surface area contributed by atoms with Crippen molar-refractivity contribution in [3.8, 4) is 11.6 Å². The first-order valence-corrected chi connectivity index (χ1v) is 7.90. The largest absolute Gasteiger partial charge is 0.461 e. The number of nitrogen functional groups attached to an aromatic ring is 1. The Bertz CT molecular complexity index is 847. The molecule has 0 spiro atoms. The summed E-state index contributed by atoms with van der Waals surface area (Å²) in [6.07, 6.45) is 3.53. The lowest BCUT2D eigenvalue weighted by Crippen LogP contribution is -2.46. The van der Waals surface area contributed by atoms with Gasteiger partial charge in [0.2, 0.25) is 11.8 Å². The van der Waals surface area contributed by atoms with Crippen LogP contribution < -0.4 is 10.6 Å². The first-order chi connectivity index (χ1) is 11.7. The third-order valence-corrected chi connectivity index (χ3v) is 4.16. The number of nitrogens with two attached hydrogens (primary N) is 1. The van der Waals surface area contributed by atoms with Gasteiger partial charge < -0.3 is 15.1 Å². The number of aromatic nitrogens is 4. The predicted octanol–water partition coefficient (Wildman–Crippen LogP) is 1.27. The summed E-state index contributed by atoms with van der Waals surface area (Å²) in [4.78, 5) is 13.6. The molecule has 0 aliphatic carbocycles. The standard InChI is InChI=1S/C16H19N7O/c1-2-5-21-6-8-22(9-7-21)13-11-14-18-15(12-4-3-10-24-12)20-23(14)16(17)19-13/h2-4,10-11H,1,5-9H2,(H2,17,19). The second-order valence-corrected chi connectivity index (χ2v) is 5.73. The normalized spacial score (nSPS) is 15.9. The van der Waals surface area contributed by atoms with Crippen LogP contribution in [-0.2, 0) is 0 Å². The minimum absolute atomic E-state index is 0.321. The van der Waals surface area contributed by atoms with Crippen molar-refractivity contribution in [2.45, 2.75) is 0 Å². The van der Waals surface area contributed by atoms with Crippen LogP contribution in [0.25, 0.3) is 17.2 Å². The highest BCUT2D eigenvalue weighted by Crippen LogP contribution is 2.21. The maximum atomic E-state index is 6.07. The topological polar surface area (TPSA) is 88.7 Å². The fourth-order valence-corrected chi connectivity index (χ4v) is 2.91. The summed E-state index contributed by atoms with van der Waals surface area (Å²) >= 11 is 0. The molecular formula is C16H19N7O. The van der Waals surface area contributed by atoms with E-state index in [9.17, 15) is 0 Å². The molecule has 0 amide bonds. The van der Waals surface area contributed by atoms with Gasteiger partial charge in [-0.15, -0.1) is 11.7 Å². The number of furan rings is 1. The van der Waals surface area contributed by atoms with Crippen molar-refractivity contribution in [2.24, 2.45) is 0 Å². The molecule has 3 aromatic heterocycles. The summed E-state index contributed by atoms with van der Waals surface area (Å²) in [6, 6.07) is 5.54. The molecule has 0 radical (unpaired) electrons. The Kier molecular flexibility index (Phi) is 3.66. The highest BCUT2D eigenvalue weighted by atomic mass is 16.3. The van der Waals surface area contributed by atoms with E-state index in [2.05, 4.69) is 31.4 Å². The number of rotatable bonds is 4. The lowest BCUT2D eigenvalue weighted by atomic mass is 10.3. The molecule has 0 bridgehead atoms. The van der Waals surface area contributed by atoms with Crippen molar-refractivity contribution in [1.82, 2.24) is 24.5 Å². The summed E-state index contributed by atoms with van der Waals surface area (Å²) in [6.45, 7) is 8.45. The van der Waals surface area contributed by atoms with E-state index in [-0.39, 0.29) is 0 Å². The van der Waals surface area contributed by atoms with Gasteiger partial charge in [-0.1, -0.05) is 6.08 Å². The second kappa shape index (κ2) is 5.97. The molecule has 8 nitrogen and oxygen atoms in total. The molecule has 2 N–H and O–H groups in total. The molecule has 4 rings (SSSR count). The van der Waals surface area contributed by atoms with Gasteiger partial charge >= 0.3 is 0 Å². The van der Waals surface area contributed by atoms with Crippen molar-refractivity contribution < 1.29 is 4.42 Å². The van der Waals surface area contributed by atoms with Gasteiger partial charge in [-0.25, -0.2) is 4.98 Å². The van der Waals surface area contributed by atoms with Gasteiger partial charge in [0.05, 0.1) is 6.26 Å². The lowest BCUT2D eigenvalue weighted by molar-refractivity contribution is 0.283. The van der Waals surface area contributed by atoms with Gasteiger partial charge in [0.25, 0.3) is 0 Å². The van der Waals surface area contributed by atoms with E-state index < -0.39 is 0 Å². The third kappa shape index (κ3) is 2.61. The summed E-state index contributed by atoms with van der Waals surface area (Å²) in [5.41, 5.74) is 6.74. The number of fused-ring (bicyclic) bond motifs is 1. The summed E-state index contributed by atoms with van der Waals surface area (Å²) in [5.74, 6) is 2.26. The first-order valence-electron chi connectivity index (χ1n) is 7.90. The van der Waals surface area contributed by atoms with E-state index in [1.807, 2.05) is 18.2 Å². The maximum absolute atomic E-state index is 6.07. The van der Waals surface area contributed by atoms with Crippen LogP contribution in [-0.4, -0.2) is 57.2 Å². The first kappa shape index (κ1) is 14.7. The fraction of sp³-hybridized carbons (Fsp3) is 0.312. The zero-order valence-electron chi connectivity index (χ0n) is 13.3. The molecule has 1 fully saturated rings. The fourth-order valence-electron chi connectivity index (χ4n) is 2.91. The van der Waals surface area contributed by atoms with Crippen molar-refractivity contribution in [2.75, 3.05) is 43.4 Å². The van der Waals surface area contributed by atoms with Gasteiger partial charge in [0.1, 0.15) is 5.82 Å². The van der Waals surface area contributed by atoms with E-state index in [1.165, 1.54) is 4.52 Å². The van der Waals surface area contributed by atoms with Gasteiger partial charge in [-0.05, 0) is 12.1 Å². The highest BCUT2D eigenvalue weighted by molar-refractivity contribution is 5.59. The Labute approximate surface area is 139 Å². The average molecular weight is 325 g/mol. The van der Waals surface area contributed by atoms with Crippen LogP contribution in [0.4, 0.5) is 11.8 Å². The molecule has 8 heteroatoms. The Hall–Kier alpha value is -2.87. The summed E-state index contributed by atoms with van der Waals surface area (Å²) in [7, 11) is 0. The van der Waals surface area contributed by atoms with E-state index in [4.69, 9.17) is 10.2 Å². The number of piperazine rings is 1. The summed E-state index contributed by atoms with van der Waals surface area (Å²) < 4.78 is 6.88. The molecule has 0 atom stereocenters. The number of nitrogens with zero attached hydrogens (tertiary/aromatic N) is 6. The zero-order chi connectivity index (χ0) is 16.5.